The van der Waals surface area contributed by atoms with Crippen molar-refractivity contribution in [3.8, 4) is 0 Å². The summed E-state index contributed by atoms with van der Waals surface area (Å²) in [7, 11) is 1.62. The van der Waals surface area contributed by atoms with E-state index < -0.39 is 0 Å². The number of nitrogens with one attached hydrogen (secondary N) is 2. The first kappa shape index (κ1) is 18.8. The first-order valence-electron chi connectivity index (χ1n) is 8.19. The highest BCUT2D eigenvalue weighted by atomic mass is 19.1. The minimum absolute atomic E-state index is 0.233. The molecule has 2 N–H and O–H groups in total. The molecule has 2 rings (SSSR count). The first-order chi connectivity index (χ1) is 12.1. The van der Waals surface area contributed by atoms with Gasteiger partial charge in [-0.25, -0.2) is 14.4 Å². The number of hydrogen-bond donors (Lipinski definition) is 2. The number of aromatic nitrogens is 2. The fraction of sp³-hybridized carbons (Fsp3) is 0.389. The molecule has 0 saturated carbocycles. The summed E-state index contributed by atoms with van der Waals surface area (Å²) in [6.07, 6.45) is 1.45. The van der Waals surface area contributed by atoms with E-state index in [1.807, 2.05) is 6.92 Å². The summed E-state index contributed by atoms with van der Waals surface area (Å²) in [5.41, 5.74) is 2.05. The van der Waals surface area contributed by atoms with Gasteiger partial charge < -0.3 is 15.4 Å². The summed E-state index contributed by atoms with van der Waals surface area (Å²) < 4.78 is 17.8. The van der Waals surface area contributed by atoms with Crippen LogP contribution >= 0.6 is 0 Å². The van der Waals surface area contributed by atoms with Crippen LogP contribution in [-0.2, 0) is 11.2 Å². The second kappa shape index (κ2) is 9.68. The van der Waals surface area contributed by atoms with Gasteiger partial charge in [-0.15, -0.1) is 0 Å². The van der Waals surface area contributed by atoms with Gasteiger partial charge in [0.05, 0.1) is 0 Å². The number of carbonyl (C=O) groups excluding carboxylic acids is 1. The number of ether oxygens (including phenoxy) is 1. The van der Waals surface area contributed by atoms with Crippen LogP contribution in [0.3, 0.4) is 0 Å². The maximum Gasteiger partial charge on any atom is 0.270 e. The second-order valence-corrected chi connectivity index (χ2v) is 5.62. The molecule has 0 spiro atoms. The van der Waals surface area contributed by atoms with Crippen molar-refractivity contribution in [1.29, 1.82) is 0 Å². The lowest BCUT2D eigenvalue weighted by molar-refractivity contribution is 0.0943. The number of nitrogens with zero attached hydrogens (tertiary/aromatic N) is 2. The third-order valence-corrected chi connectivity index (χ3v) is 3.51. The zero-order chi connectivity index (χ0) is 18.1. The normalized spacial score (nSPS) is 10.5. The third kappa shape index (κ3) is 6.46. The molecule has 1 amide bonds. The van der Waals surface area contributed by atoms with E-state index in [1.165, 1.54) is 12.1 Å². The highest BCUT2D eigenvalue weighted by molar-refractivity contribution is 5.92. The first-order valence-corrected chi connectivity index (χ1v) is 8.19. The Morgan fingerprint density at radius 2 is 1.96 bits per heavy atom. The number of halogens is 1. The summed E-state index contributed by atoms with van der Waals surface area (Å²) in [4.78, 5) is 20.7. The molecule has 0 aliphatic rings. The van der Waals surface area contributed by atoms with Gasteiger partial charge in [-0.2, -0.15) is 0 Å². The predicted octanol–water partition coefficient (Wildman–Crippen LogP) is 2.35. The van der Waals surface area contributed by atoms with Crippen LogP contribution in [0.1, 0.15) is 28.2 Å². The Bertz CT molecular complexity index is 692. The van der Waals surface area contributed by atoms with Gasteiger partial charge in [0, 0.05) is 32.5 Å². The molecule has 0 radical (unpaired) electrons. The minimum Gasteiger partial charge on any atom is -0.385 e. The molecular weight excluding hydrogens is 323 g/mol. The lowest BCUT2D eigenvalue weighted by atomic mass is 10.1. The monoisotopic (exact) mass is 346 g/mol. The van der Waals surface area contributed by atoms with Crippen molar-refractivity contribution in [2.75, 3.05) is 32.1 Å². The molecule has 25 heavy (non-hydrogen) atoms. The fourth-order valence-corrected chi connectivity index (χ4v) is 2.24. The molecule has 0 fully saturated rings. The van der Waals surface area contributed by atoms with Crippen molar-refractivity contribution in [1.82, 2.24) is 15.3 Å². The minimum atomic E-state index is -0.250. The Balaban J connectivity index is 1.89. The van der Waals surface area contributed by atoms with E-state index >= 15 is 0 Å². The van der Waals surface area contributed by atoms with Crippen LogP contribution in [-0.4, -0.2) is 42.7 Å². The van der Waals surface area contributed by atoms with Crippen molar-refractivity contribution in [3.05, 3.63) is 53.1 Å². The average molecular weight is 346 g/mol. The molecular formula is C18H23FN4O2. The smallest absolute Gasteiger partial charge is 0.270 e. The van der Waals surface area contributed by atoms with Gasteiger partial charge in [0.15, 0.2) is 0 Å². The number of anilines is 1. The molecule has 0 aliphatic carbocycles. The molecule has 0 atom stereocenters. The number of hydrogen-bond acceptors (Lipinski definition) is 5. The van der Waals surface area contributed by atoms with E-state index in [-0.39, 0.29) is 11.7 Å². The van der Waals surface area contributed by atoms with E-state index in [4.69, 9.17) is 4.74 Å². The summed E-state index contributed by atoms with van der Waals surface area (Å²) in [5.74, 6) is -0.0766. The molecule has 0 aliphatic heterocycles. The van der Waals surface area contributed by atoms with E-state index in [0.717, 1.165) is 12.0 Å². The van der Waals surface area contributed by atoms with E-state index in [2.05, 4.69) is 20.6 Å². The van der Waals surface area contributed by atoms with E-state index in [0.29, 0.717) is 43.5 Å². The largest absolute Gasteiger partial charge is 0.385 e. The molecule has 134 valence electrons. The highest BCUT2D eigenvalue weighted by Crippen LogP contribution is 2.07. The van der Waals surface area contributed by atoms with Crippen LogP contribution in [0.2, 0.25) is 0 Å². The number of rotatable bonds is 9. The van der Waals surface area contributed by atoms with Crippen LogP contribution in [0.25, 0.3) is 0 Å². The van der Waals surface area contributed by atoms with Crippen LogP contribution in [0, 0.1) is 12.7 Å². The van der Waals surface area contributed by atoms with Crippen LogP contribution in [0.15, 0.2) is 30.3 Å². The molecule has 2 aromatic rings. The van der Waals surface area contributed by atoms with Crippen LogP contribution in [0.5, 0.6) is 0 Å². The molecule has 1 heterocycles. The van der Waals surface area contributed by atoms with Gasteiger partial charge in [0.2, 0.25) is 5.95 Å². The van der Waals surface area contributed by atoms with Gasteiger partial charge in [0.1, 0.15) is 11.5 Å². The summed E-state index contributed by atoms with van der Waals surface area (Å²) in [6.45, 7) is 3.53. The van der Waals surface area contributed by atoms with Crippen LogP contribution in [0.4, 0.5) is 10.3 Å². The molecule has 7 heteroatoms. The topological polar surface area (TPSA) is 76.1 Å². The summed E-state index contributed by atoms with van der Waals surface area (Å²) in [5, 5.41) is 5.91. The molecule has 0 saturated heterocycles. The van der Waals surface area contributed by atoms with Gasteiger partial charge in [0.25, 0.3) is 5.91 Å². The van der Waals surface area contributed by atoms with Crippen LogP contribution < -0.4 is 10.6 Å². The van der Waals surface area contributed by atoms with Crippen molar-refractivity contribution >= 4 is 11.9 Å². The average Bonchev–Trinajstić information content (AvgIpc) is 2.60. The summed E-state index contributed by atoms with van der Waals surface area (Å²) >= 11 is 0. The van der Waals surface area contributed by atoms with Crippen molar-refractivity contribution in [2.45, 2.75) is 19.8 Å². The fourth-order valence-electron chi connectivity index (χ4n) is 2.24. The van der Waals surface area contributed by atoms with Crippen molar-refractivity contribution < 1.29 is 13.9 Å². The van der Waals surface area contributed by atoms with Gasteiger partial charge in [-0.05, 0) is 43.5 Å². The number of benzene rings is 1. The maximum atomic E-state index is 12.9. The second-order valence-electron chi connectivity index (χ2n) is 5.62. The van der Waals surface area contributed by atoms with Crippen molar-refractivity contribution in [2.24, 2.45) is 0 Å². The SMILES string of the molecule is COCCCNC(=O)c1cc(C)nc(NCCc2ccc(F)cc2)n1. The van der Waals surface area contributed by atoms with E-state index in [9.17, 15) is 9.18 Å². The van der Waals surface area contributed by atoms with Gasteiger partial charge >= 0.3 is 0 Å². The Labute approximate surface area is 146 Å². The van der Waals surface area contributed by atoms with Crippen molar-refractivity contribution in [3.63, 3.8) is 0 Å². The summed E-state index contributed by atoms with van der Waals surface area (Å²) in [6, 6.07) is 8.01. The zero-order valence-electron chi connectivity index (χ0n) is 14.5. The van der Waals surface area contributed by atoms with Gasteiger partial charge in [-0.1, -0.05) is 12.1 Å². The number of aryl methyl sites for hydroxylation is 1. The molecule has 1 aromatic carbocycles. The molecule has 1 aromatic heterocycles. The molecule has 0 bridgehead atoms. The third-order valence-electron chi connectivity index (χ3n) is 3.51. The number of amides is 1. The Morgan fingerprint density at radius 1 is 1.20 bits per heavy atom. The highest BCUT2D eigenvalue weighted by Gasteiger charge is 2.10. The number of carbonyl (C=O) groups is 1. The quantitative estimate of drug-likeness (QED) is 0.682. The molecule has 6 nitrogen and oxygen atoms in total. The number of methoxy groups -OCH3 is 1. The lowest BCUT2D eigenvalue weighted by Gasteiger charge is -2.09. The lowest BCUT2D eigenvalue weighted by Crippen LogP contribution is -2.26. The maximum absolute atomic E-state index is 12.9. The predicted molar refractivity (Wildman–Crippen MR) is 94.2 cm³/mol. The molecule has 0 unspecified atom stereocenters. The zero-order valence-corrected chi connectivity index (χ0v) is 14.5. The van der Waals surface area contributed by atoms with Gasteiger partial charge in [-0.3, -0.25) is 4.79 Å². The Kier molecular flexibility index (Phi) is 7.28. The Hall–Kier alpha value is -2.54. The Morgan fingerprint density at radius 3 is 2.68 bits per heavy atom. The van der Waals surface area contributed by atoms with E-state index in [1.54, 1.807) is 25.3 Å². The standard InChI is InChI=1S/C18H23FN4O2/c1-13-12-16(17(24)20-9-3-11-25-2)23-18(22-13)21-10-8-14-4-6-15(19)7-5-14/h4-7,12H,3,8-11H2,1-2H3,(H,20,24)(H,21,22,23).